The Labute approximate surface area is 85.7 Å². The van der Waals surface area contributed by atoms with E-state index in [1.165, 1.54) is 11.3 Å². The van der Waals surface area contributed by atoms with Crippen molar-refractivity contribution in [2.24, 2.45) is 0 Å². The SMILES string of the molecule is CCOc1cc2c(N)cc(O)cc2s1. The highest BCUT2D eigenvalue weighted by Crippen LogP contribution is 2.37. The molecule has 0 unspecified atom stereocenters. The van der Waals surface area contributed by atoms with E-state index in [0.717, 1.165) is 15.1 Å². The van der Waals surface area contributed by atoms with Crippen LogP contribution in [0, 0.1) is 0 Å². The Morgan fingerprint density at radius 1 is 1.43 bits per heavy atom. The molecule has 2 rings (SSSR count). The minimum absolute atomic E-state index is 0.194. The van der Waals surface area contributed by atoms with Crippen LogP contribution in [0.3, 0.4) is 0 Å². The first-order chi connectivity index (χ1) is 6.70. The molecule has 14 heavy (non-hydrogen) atoms. The van der Waals surface area contributed by atoms with Gasteiger partial charge in [-0.25, -0.2) is 0 Å². The summed E-state index contributed by atoms with van der Waals surface area (Å²) in [5.74, 6) is 0.194. The molecule has 0 atom stereocenters. The monoisotopic (exact) mass is 209 g/mol. The molecule has 0 amide bonds. The number of rotatable bonds is 2. The molecule has 0 bridgehead atoms. The van der Waals surface area contributed by atoms with Gasteiger partial charge in [-0.05, 0) is 13.0 Å². The van der Waals surface area contributed by atoms with Crippen molar-refractivity contribution in [2.45, 2.75) is 6.92 Å². The predicted octanol–water partition coefficient (Wildman–Crippen LogP) is 2.59. The second-order valence-corrected chi connectivity index (χ2v) is 3.99. The molecule has 2 aromatic rings. The fourth-order valence-corrected chi connectivity index (χ4v) is 2.38. The van der Waals surface area contributed by atoms with Gasteiger partial charge in [-0.1, -0.05) is 11.3 Å². The number of hydrogen-bond donors (Lipinski definition) is 2. The van der Waals surface area contributed by atoms with E-state index < -0.39 is 0 Å². The average molecular weight is 209 g/mol. The fraction of sp³-hybridized carbons (Fsp3) is 0.200. The summed E-state index contributed by atoms with van der Waals surface area (Å²) < 4.78 is 6.32. The maximum atomic E-state index is 9.34. The van der Waals surface area contributed by atoms with Crippen molar-refractivity contribution in [1.29, 1.82) is 0 Å². The van der Waals surface area contributed by atoms with E-state index in [4.69, 9.17) is 10.5 Å². The smallest absolute Gasteiger partial charge is 0.174 e. The molecule has 0 fully saturated rings. The molecule has 1 heterocycles. The quantitative estimate of drug-likeness (QED) is 0.747. The van der Waals surface area contributed by atoms with Gasteiger partial charge < -0.3 is 15.6 Å². The zero-order chi connectivity index (χ0) is 10.1. The molecule has 1 aromatic carbocycles. The Kier molecular flexibility index (Phi) is 2.21. The van der Waals surface area contributed by atoms with E-state index in [9.17, 15) is 5.11 Å². The van der Waals surface area contributed by atoms with Gasteiger partial charge in [-0.2, -0.15) is 0 Å². The highest BCUT2D eigenvalue weighted by Gasteiger charge is 2.06. The second kappa shape index (κ2) is 3.38. The van der Waals surface area contributed by atoms with Gasteiger partial charge in [0.05, 0.1) is 6.61 Å². The van der Waals surface area contributed by atoms with Crippen molar-refractivity contribution in [2.75, 3.05) is 12.3 Å². The summed E-state index contributed by atoms with van der Waals surface area (Å²) in [5.41, 5.74) is 6.34. The lowest BCUT2D eigenvalue weighted by Gasteiger charge is -1.96. The molecule has 4 heteroatoms. The van der Waals surface area contributed by atoms with Crippen LogP contribution in [0.1, 0.15) is 6.92 Å². The summed E-state index contributed by atoms with van der Waals surface area (Å²) in [7, 11) is 0. The Bertz CT molecular complexity index is 464. The van der Waals surface area contributed by atoms with E-state index >= 15 is 0 Å². The number of aromatic hydroxyl groups is 1. The zero-order valence-electron chi connectivity index (χ0n) is 7.78. The third-order valence-corrected chi connectivity index (χ3v) is 2.91. The van der Waals surface area contributed by atoms with Crippen LogP contribution in [0.25, 0.3) is 10.1 Å². The Morgan fingerprint density at radius 3 is 2.93 bits per heavy atom. The Hall–Kier alpha value is -1.42. The Morgan fingerprint density at radius 2 is 2.21 bits per heavy atom. The molecule has 3 N–H and O–H groups in total. The van der Waals surface area contributed by atoms with Crippen molar-refractivity contribution in [3.63, 3.8) is 0 Å². The number of nitrogen functional groups attached to an aromatic ring is 1. The minimum atomic E-state index is 0.194. The van der Waals surface area contributed by atoms with Crippen molar-refractivity contribution in [1.82, 2.24) is 0 Å². The van der Waals surface area contributed by atoms with E-state index in [-0.39, 0.29) is 5.75 Å². The third kappa shape index (κ3) is 1.48. The lowest BCUT2D eigenvalue weighted by atomic mass is 10.2. The van der Waals surface area contributed by atoms with Crippen molar-refractivity contribution in [3.05, 3.63) is 18.2 Å². The molecule has 3 nitrogen and oxygen atoms in total. The van der Waals surface area contributed by atoms with Crippen molar-refractivity contribution < 1.29 is 9.84 Å². The van der Waals surface area contributed by atoms with E-state index in [1.54, 1.807) is 12.1 Å². The van der Waals surface area contributed by atoms with Gasteiger partial charge in [0.25, 0.3) is 0 Å². The van der Waals surface area contributed by atoms with Crippen LogP contribution in [0.4, 0.5) is 5.69 Å². The van der Waals surface area contributed by atoms with Crippen LogP contribution in [0.15, 0.2) is 18.2 Å². The first kappa shape index (κ1) is 9.15. The molecular weight excluding hydrogens is 198 g/mol. The zero-order valence-corrected chi connectivity index (χ0v) is 8.60. The van der Waals surface area contributed by atoms with Gasteiger partial charge in [0, 0.05) is 27.9 Å². The predicted molar refractivity (Wildman–Crippen MR) is 59.1 cm³/mol. The lowest BCUT2D eigenvalue weighted by molar-refractivity contribution is 0.350. The molecule has 0 radical (unpaired) electrons. The summed E-state index contributed by atoms with van der Waals surface area (Å²) in [6.07, 6.45) is 0. The number of ether oxygens (including phenoxy) is 1. The normalized spacial score (nSPS) is 10.6. The van der Waals surface area contributed by atoms with Crippen LogP contribution in [-0.2, 0) is 0 Å². The molecule has 0 spiro atoms. The van der Waals surface area contributed by atoms with E-state index in [2.05, 4.69) is 0 Å². The van der Waals surface area contributed by atoms with Gasteiger partial charge in [0.1, 0.15) is 5.75 Å². The van der Waals surface area contributed by atoms with Crippen molar-refractivity contribution in [3.8, 4) is 10.8 Å². The maximum Gasteiger partial charge on any atom is 0.174 e. The topological polar surface area (TPSA) is 55.5 Å². The Balaban J connectivity index is 2.58. The minimum Gasteiger partial charge on any atom is -0.508 e. The molecule has 0 saturated carbocycles. The number of phenols is 1. The standard InChI is InChI=1S/C10H11NO2S/c1-2-13-10-5-7-8(11)3-6(12)4-9(7)14-10/h3-5,12H,2,11H2,1H3. The lowest BCUT2D eigenvalue weighted by Crippen LogP contribution is -1.87. The average Bonchev–Trinajstić information content (AvgIpc) is 2.48. The first-order valence-electron chi connectivity index (χ1n) is 4.35. The summed E-state index contributed by atoms with van der Waals surface area (Å²) in [6.45, 7) is 2.57. The number of fused-ring (bicyclic) bond motifs is 1. The number of nitrogens with two attached hydrogens (primary N) is 1. The van der Waals surface area contributed by atoms with Gasteiger partial charge in [0.15, 0.2) is 5.06 Å². The second-order valence-electron chi connectivity index (χ2n) is 2.95. The highest BCUT2D eigenvalue weighted by molar-refractivity contribution is 7.20. The molecular formula is C10H11NO2S. The third-order valence-electron chi connectivity index (χ3n) is 1.92. The van der Waals surface area contributed by atoms with Gasteiger partial charge in [-0.3, -0.25) is 0 Å². The van der Waals surface area contributed by atoms with Crippen molar-refractivity contribution >= 4 is 27.1 Å². The maximum absolute atomic E-state index is 9.34. The van der Waals surface area contributed by atoms with Crippen LogP contribution in [0.2, 0.25) is 0 Å². The van der Waals surface area contributed by atoms with E-state index in [0.29, 0.717) is 12.3 Å². The van der Waals surface area contributed by atoms with Crippen LogP contribution < -0.4 is 10.5 Å². The summed E-state index contributed by atoms with van der Waals surface area (Å²) >= 11 is 1.49. The summed E-state index contributed by atoms with van der Waals surface area (Å²) in [4.78, 5) is 0. The van der Waals surface area contributed by atoms with Crippen LogP contribution >= 0.6 is 11.3 Å². The number of benzene rings is 1. The highest BCUT2D eigenvalue weighted by atomic mass is 32.1. The van der Waals surface area contributed by atoms with Gasteiger partial charge >= 0.3 is 0 Å². The summed E-state index contributed by atoms with van der Waals surface area (Å²) in [5, 5.41) is 11.1. The molecule has 1 aromatic heterocycles. The number of phenolic OH excluding ortho intramolecular Hbond substituents is 1. The largest absolute Gasteiger partial charge is 0.508 e. The number of anilines is 1. The number of thiophene rings is 1. The molecule has 0 saturated heterocycles. The van der Waals surface area contributed by atoms with Crippen LogP contribution in [0.5, 0.6) is 10.8 Å². The van der Waals surface area contributed by atoms with Gasteiger partial charge in [0.2, 0.25) is 0 Å². The van der Waals surface area contributed by atoms with Crippen LogP contribution in [-0.4, -0.2) is 11.7 Å². The molecule has 74 valence electrons. The fourth-order valence-electron chi connectivity index (χ4n) is 1.34. The molecule has 0 aliphatic rings. The van der Waals surface area contributed by atoms with E-state index in [1.807, 2.05) is 13.0 Å². The molecule has 0 aliphatic heterocycles. The first-order valence-corrected chi connectivity index (χ1v) is 5.17. The molecule has 0 aliphatic carbocycles. The number of hydrogen-bond acceptors (Lipinski definition) is 4. The summed E-state index contributed by atoms with van der Waals surface area (Å²) in [6, 6.07) is 5.14. The van der Waals surface area contributed by atoms with Gasteiger partial charge in [-0.15, -0.1) is 0 Å².